The smallest absolute Gasteiger partial charge is 0.0471 e. The normalized spacial score (nSPS) is 33.1. The number of piperidine rings is 1. The number of aliphatic hydroxyl groups is 1. The molecule has 1 saturated heterocycles. The molecule has 0 saturated carbocycles. The molecule has 86 valence electrons. The minimum absolute atomic E-state index is 0.376. The number of likely N-dealkylation sites (tertiary alicyclic amines) is 1. The van der Waals surface area contributed by atoms with E-state index in [4.69, 9.17) is 0 Å². The zero-order chi connectivity index (χ0) is 10.5. The summed E-state index contributed by atoms with van der Waals surface area (Å²) in [7, 11) is 0. The van der Waals surface area contributed by atoms with E-state index in [9.17, 15) is 5.11 Å². The number of rotatable bonds is 3. The molecule has 2 atom stereocenters. The van der Waals surface area contributed by atoms with Crippen molar-refractivity contribution in [3.63, 3.8) is 0 Å². The van der Waals surface area contributed by atoms with Gasteiger partial charge >= 0.3 is 0 Å². The van der Waals surface area contributed by atoms with Gasteiger partial charge in [-0.3, -0.25) is 0 Å². The summed E-state index contributed by atoms with van der Waals surface area (Å²) in [4.78, 5) is 2.56. The fraction of sp³-hybridized carbons (Fsp3) is 0.846. The lowest BCUT2D eigenvalue weighted by molar-refractivity contribution is 0.106. The molecule has 0 radical (unpaired) electrons. The first-order valence-electron chi connectivity index (χ1n) is 6.36. The van der Waals surface area contributed by atoms with Crippen LogP contribution in [0.2, 0.25) is 0 Å². The molecule has 2 nitrogen and oxygen atoms in total. The number of allylic oxidation sites excluding steroid dienone is 2. The van der Waals surface area contributed by atoms with E-state index in [0.717, 1.165) is 12.5 Å². The molecular weight excluding hydrogens is 186 g/mol. The molecule has 0 aromatic rings. The summed E-state index contributed by atoms with van der Waals surface area (Å²) < 4.78 is 0. The largest absolute Gasteiger partial charge is 0.396 e. The first-order valence-corrected chi connectivity index (χ1v) is 6.36. The molecule has 0 aromatic carbocycles. The van der Waals surface area contributed by atoms with Gasteiger partial charge in [0.25, 0.3) is 0 Å². The summed E-state index contributed by atoms with van der Waals surface area (Å²) in [6.45, 7) is 4.00. The Labute approximate surface area is 93.0 Å². The highest BCUT2D eigenvalue weighted by atomic mass is 16.3. The number of nitrogens with zero attached hydrogens (tertiary/aromatic N) is 1. The van der Waals surface area contributed by atoms with Crippen LogP contribution in [-0.2, 0) is 0 Å². The molecule has 0 unspecified atom stereocenters. The van der Waals surface area contributed by atoms with Crippen molar-refractivity contribution in [1.82, 2.24) is 4.90 Å². The van der Waals surface area contributed by atoms with Gasteiger partial charge in [0, 0.05) is 19.7 Å². The van der Waals surface area contributed by atoms with Gasteiger partial charge in [0.2, 0.25) is 0 Å². The van der Waals surface area contributed by atoms with Gasteiger partial charge in [-0.1, -0.05) is 12.2 Å². The fourth-order valence-electron chi connectivity index (χ4n) is 2.85. The Morgan fingerprint density at radius 1 is 1.20 bits per heavy atom. The first-order chi connectivity index (χ1) is 7.38. The van der Waals surface area contributed by atoms with E-state index in [1.165, 1.54) is 45.2 Å². The monoisotopic (exact) mass is 209 g/mol. The van der Waals surface area contributed by atoms with Crippen molar-refractivity contribution >= 4 is 0 Å². The maximum Gasteiger partial charge on any atom is 0.0471 e. The Hall–Kier alpha value is -0.340. The maximum atomic E-state index is 9.18. The van der Waals surface area contributed by atoms with Gasteiger partial charge in [0.15, 0.2) is 0 Å². The van der Waals surface area contributed by atoms with Crippen LogP contribution in [-0.4, -0.2) is 36.2 Å². The molecule has 1 aliphatic carbocycles. The zero-order valence-electron chi connectivity index (χ0n) is 9.57. The van der Waals surface area contributed by atoms with Crippen molar-refractivity contribution in [3.05, 3.63) is 12.2 Å². The predicted molar refractivity (Wildman–Crippen MR) is 62.7 cm³/mol. The number of hydrogen-bond donors (Lipinski definition) is 1. The van der Waals surface area contributed by atoms with Crippen LogP contribution in [0.3, 0.4) is 0 Å². The van der Waals surface area contributed by atoms with Gasteiger partial charge in [-0.15, -0.1) is 0 Å². The van der Waals surface area contributed by atoms with Crippen LogP contribution in [0.4, 0.5) is 0 Å². The molecule has 1 aliphatic heterocycles. The quantitative estimate of drug-likeness (QED) is 0.719. The van der Waals surface area contributed by atoms with Gasteiger partial charge in [0.1, 0.15) is 0 Å². The van der Waals surface area contributed by atoms with E-state index in [1.54, 1.807) is 0 Å². The molecule has 1 fully saturated rings. The predicted octanol–water partition coefficient (Wildman–Crippen LogP) is 2.05. The van der Waals surface area contributed by atoms with Gasteiger partial charge in [-0.2, -0.15) is 0 Å². The van der Waals surface area contributed by atoms with Crippen LogP contribution < -0.4 is 0 Å². The topological polar surface area (TPSA) is 23.5 Å². The lowest BCUT2D eigenvalue weighted by Crippen LogP contribution is -2.39. The average Bonchev–Trinajstić information content (AvgIpc) is 2.31. The summed E-state index contributed by atoms with van der Waals surface area (Å²) in [5.41, 5.74) is 0. The number of hydrogen-bond acceptors (Lipinski definition) is 2. The van der Waals surface area contributed by atoms with Crippen LogP contribution >= 0.6 is 0 Å². The summed E-state index contributed by atoms with van der Waals surface area (Å²) in [6.07, 6.45) is 11.0. The molecule has 2 aliphatic rings. The first kappa shape index (κ1) is 11.2. The van der Waals surface area contributed by atoms with E-state index in [1.807, 2.05) is 0 Å². The van der Waals surface area contributed by atoms with Crippen LogP contribution in [0.15, 0.2) is 12.2 Å². The second-order valence-electron chi connectivity index (χ2n) is 5.10. The van der Waals surface area contributed by atoms with Crippen molar-refractivity contribution in [2.75, 3.05) is 26.2 Å². The van der Waals surface area contributed by atoms with Gasteiger partial charge in [-0.25, -0.2) is 0 Å². The number of aliphatic hydroxyl groups excluding tert-OH is 1. The highest BCUT2D eigenvalue weighted by Crippen LogP contribution is 2.22. The van der Waals surface area contributed by atoms with Crippen molar-refractivity contribution in [1.29, 1.82) is 0 Å². The van der Waals surface area contributed by atoms with Crippen LogP contribution in [0, 0.1) is 11.8 Å². The molecule has 1 heterocycles. The molecule has 0 bridgehead atoms. The standard InChI is InChI=1S/C13H23NO/c15-11-13-7-4-8-14(10-13)9-12-5-2-1-3-6-12/h1-2,12-13,15H,3-11H2/t12-,13+/m1/s1. The van der Waals surface area contributed by atoms with E-state index >= 15 is 0 Å². The Bertz CT molecular complexity index is 215. The van der Waals surface area contributed by atoms with Crippen molar-refractivity contribution < 1.29 is 5.11 Å². The van der Waals surface area contributed by atoms with E-state index in [-0.39, 0.29) is 0 Å². The Kier molecular flexibility index (Phi) is 4.21. The average molecular weight is 209 g/mol. The van der Waals surface area contributed by atoms with Crippen molar-refractivity contribution in [2.24, 2.45) is 11.8 Å². The molecule has 15 heavy (non-hydrogen) atoms. The van der Waals surface area contributed by atoms with E-state index in [0.29, 0.717) is 12.5 Å². The Balaban J connectivity index is 1.75. The lowest BCUT2D eigenvalue weighted by Gasteiger charge is -2.34. The summed E-state index contributed by atoms with van der Waals surface area (Å²) in [5, 5.41) is 9.18. The van der Waals surface area contributed by atoms with Crippen LogP contribution in [0.25, 0.3) is 0 Å². The summed E-state index contributed by atoms with van der Waals surface area (Å²) in [5.74, 6) is 1.41. The Morgan fingerprint density at radius 3 is 2.87 bits per heavy atom. The molecule has 0 aromatic heterocycles. The SMILES string of the molecule is OC[C@H]1CCCN(C[C@@H]2CC=CCC2)C1. The van der Waals surface area contributed by atoms with Gasteiger partial charge in [0.05, 0.1) is 0 Å². The van der Waals surface area contributed by atoms with E-state index < -0.39 is 0 Å². The van der Waals surface area contributed by atoms with Crippen molar-refractivity contribution in [3.8, 4) is 0 Å². The fourth-order valence-corrected chi connectivity index (χ4v) is 2.85. The minimum Gasteiger partial charge on any atom is -0.396 e. The van der Waals surface area contributed by atoms with E-state index in [2.05, 4.69) is 17.1 Å². The van der Waals surface area contributed by atoms with Crippen LogP contribution in [0.1, 0.15) is 32.1 Å². The highest BCUT2D eigenvalue weighted by Gasteiger charge is 2.21. The third kappa shape index (κ3) is 3.32. The van der Waals surface area contributed by atoms with Crippen molar-refractivity contribution in [2.45, 2.75) is 32.1 Å². The Morgan fingerprint density at radius 2 is 2.13 bits per heavy atom. The van der Waals surface area contributed by atoms with Gasteiger partial charge in [-0.05, 0) is 50.5 Å². The maximum absolute atomic E-state index is 9.18. The second kappa shape index (κ2) is 5.66. The molecular formula is C13H23NO. The third-order valence-corrected chi connectivity index (χ3v) is 3.76. The summed E-state index contributed by atoms with van der Waals surface area (Å²) >= 11 is 0. The minimum atomic E-state index is 0.376. The summed E-state index contributed by atoms with van der Waals surface area (Å²) in [6, 6.07) is 0. The van der Waals surface area contributed by atoms with Gasteiger partial charge < -0.3 is 10.0 Å². The second-order valence-corrected chi connectivity index (χ2v) is 5.10. The molecule has 0 amide bonds. The zero-order valence-corrected chi connectivity index (χ0v) is 9.57. The lowest BCUT2D eigenvalue weighted by atomic mass is 9.92. The molecule has 2 heteroatoms. The molecule has 2 rings (SSSR count). The molecule has 1 N–H and O–H groups in total. The highest BCUT2D eigenvalue weighted by molar-refractivity contribution is 4.91. The molecule has 0 spiro atoms. The third-order valence-electron chi connectivity index (χ3n) is 3.76. The van der Waals surface area contributed by atoms with Crippen LogP contribution in [0.5, 0.6) is 0 Å².